The molecule has 0 aromatic heterocycles. The van der Waals surface area contributed by atoms with Crippen molar-refractivity contribution in [3.63, 3.8) is 0 Å². The minimum absolute atomic E-state index is 0. The van der Waals surface area contributed by atoms with Crippen molar-refractivity contribution in [3.05, 3.63) is 0 Å². The molecule has 0 atom stereocenters. The summed E-state index contributed by atoms with van der Waals surface area (Å²) < 4.78 is 49.6. The molecule has 0 aromatic carbocycles. The van der Waals surface area contributed by atoms with Crippen LogP contribution in [-0.4, -0.2) is 20.3 Å². The first-order valence-electron chi connectivity index (χ1n) is 2.26. The van der Waals surface area contributed by atoms with Crippen molar-refractivity contribution < 1.29 is 39.2 Å². The molecule has 0 nitrogen and oxygen atoms in total. The van der Waals surface area contributed by atoms with Gasteiger partial charge in [-0.05, 0) is 0 Å². The van der Waals surface area contributed by atoms with Crippen LogP contribution in [0.15, 0.2) is 0 Å². The van der Waals surface area contributed by atoms with E-state index in [4.69, 9.17) is 0 Å². The van der Waals surface area contributed by atoms with Gasteiger partial charge < -0.3 is 31.7 Å². The number of halogens is 6. The van der Waals surface area contributed by atoms with E-state index in [1.165, 1.54) is 6.42 Å². The summed E-state index contributed by atoms with van der Waals surface area (Å²) in [6.07, 6.45) is 1.25. The summed E-state index contributed by atoms with van der Waals surface area (Å²) in [7, 11) is 0. The van der Waals surface area contributed by atoms with Crippen molar-refractivity contribution in [2.45, 2.75) is 20.3 Å². The molecule has 92 valence electrons. The molecule has 0 N–H and O–H groups in total. The molecule has 0 aliphatic carbocycles. The van der Waals surface area contributed by atoms with Gasteiger partial charge in [0, 0.05) is 0 Å². The molecule has 0 bridgehead atoms. The van der Waals surface area contributed by atoms with Crippen LogP contribution in [0.25, 0.3) is 0 Å². The van der Waals surface area contributed by atoms with Gasteiger partial charge in [0.2, 0.25) is 0 Å². The van der Waals surface area contributed by atoms with Crippen molar-refractivity contribution in [1.82, 2.24) is 0 Å². The molecule has 0 saturated carbocycles. The molecule has 10 heteroatoms. The van der Waals surface area contributed by atoms with Gasteiger partial charge in [-0.2, -0.15) is 0 Å². The largest absolute Gasteiger partial charge is 2.00 e. The molecule has 0 aromatic rings. The molecule has 0 radical (unpaired) electrons. The SMILES string of the molecule is CCC.[F-].[F][Sb]([F])([F])([F])[F].[Pd+2].[SH-].[SH-]. The van der Waals surface area contributed by atoms with E-state index in [0.29, 0.717) is 0 Å². The minimum Gasteiger partial charge on any atom is -0.813 e. The van der Waals surface area contributed by atoms with E-state index in [0.717, 1.165) is 0 Å². The summed E-state index contributed by atoms with van der Waals surface area (Å²) in [5.74, 6) is 0. The molecule has 0 saturated heterocycles. The molecule has 0 amide bonds. The van der Waals surface area contributed by atoms with E-state index in [2.05, 4.69) is 13.8 Å². The monoisotopic (exact) mass is 451 g/mol. The molecule has 0 unspecified atom stereocenters. The summed E-state index contributed by atoms with van der Waals surface area (Å²) in [5, 5.41) is 0. The van der Waals surface area contributed by atoms with E-state index in [1.807, 2.05) is 0 Å². The summed E-state index contributed by atoms with van der Waals surface area (Å²) in [4.78, 5) is 0. The second kappa shape index (κ2) is 13.8. The summed E-state index contributed by atoms with van der Waals surface area (Å²) in [5.41, 5.74) is 0. The van der Waals surface area contributed by atoms with Gasteiger partial charge in [-0.3, -0.25) is 0 Å². The fourth-order valence-corrected chi connectivity index (χ4v) is 0. The third-order valence-electron chi connectivity index (χ3n) is 0. The van der Waals surface area contributed by atoms with E-state index < -0.39 is 20.3 Å². The van der Waals surface area contributed by atoms with Crippen molar-refractivity contribution in [3.8, 4) is 0 Å². The van der Waals surface area contributed by atoms with E-state index >= 15 is 0 Å². The topological polar surface area (TPSA) is 0 Å². The molecule has 13 heavy (non-hydrogen) atoms. The zero-order chi connectivity index (χ0) is 8.15. The van der Waals surface area contributed by atoms with Gasteiger partial charge in [-0.15, -0.1) is 0 Å². The van der Waals surface area contributed by atoms with Crippen LogP contribution in [0.5, 0.6) is 0 Å². The Kier molecular flexibility index (Phi) is 38.5. The first-order chi connectivity index (χ1) is 3.65. The standard InChI is InChI=1S/C3H8.6FH.Pd.2H2S.Sb/c1-3-2;;;;;;;;;;/h3H2,1-2H3;6*1H;;2*1H2;/q;;;;;;;+2;;;+5/p-8. The molecular formula is C3H10F6PdS2Sb-. The molecule has 0 heterocycles. The van der Waals surface area contributed by atoms with Crippen molar-refractivity contribution in [2.75, 3.05) is 0 Å². The first kappa shape index (κ1) is 36.4. The van der Waals surface area contributed by atoms with Crippen LogP contribution in [0.3, 0.4) is 0 Å². The third kappa shape index (κ3) is 614. The van der Waals surface area contributed by atoms with Crippen molar-refractivity contribution in [1.29, 1.82) is 0 Å². The van der Waals surface area contributed by atoms with Gasteiger partial charge in [0.25, 0.3) is 0 Å². The Morgan fingerprint density at radius 3 is 0.846 bits per heavy atom. The van der Waals surface area contributed by atoms with Gasteiger partial charge in [-0.25, -0.2) is 0 Å². The molecular weight excluding hydrogens is 442 g/mol. The Hall–Kier alpha value is 1.76. The Balaban J connectivity index is -0.0000000160. The van der Waals surface area contributed by atoms with Crippen LogP contribution in [0, 0.1) is 0 Å². The van der Waals surface area contributed by atoms with Crippen LogP contribution >= 0.6 is 0 Å². The third-order valence-corrected chi connectivity index (χ3v) is 0. The van der Waals surface area contributed by atoms with Gasteiger partial charge in [0.15, 0.2) is 0 Å². The molecule has 0 rings (SSSR count). The zero-order valence-corrected chi connectivity index (χ0v) is 12.5. The summed E-state index contributed by atoms with van der Waals surface area (Å²) >= 11 is -9.19. The number of hydrogen-bond donors (Lipinski definition) is 0. The number of hydrogen-bond acceptors (Lipinski definition) is 2. The van der Waals surface area contributed by atoms with Crippen LogP contribution in [0.4, 0.5) is 14.1 Å². The van der Waals surface area contributed by atoms with Crippen molar-refractivity contribution >= 4 is 47.3 Å². The van der Waals surface area contributed by atoms with Crippen LogP contribution in [-0.2, 0) is 47.4 Å². The maximum atomic E-state index is 9.91. The molecule has 0 aliphatic rings. The van der Waals surface area contributed by atoms with Crippen LogP contribution < -0.4 is 4.70 Å². The summed E-state index contributed by atoms with van der Waals surface area (Å²) in [6.45, 7) is 4.25. The normalized spacial score (nSPS) is 10.2. The molecule has 0 aliphatic heterocycles. The van der Waals surface area contributed by atoms with E-state index in [-0.39, 0.29) is 52.1 Å². The Bertz CT molecular complexity index is 68.7. The van der Waals surface area contributed by atoms with Gasteiger partial charge in [-0.1, -0.05) is 20.3 Å². The Labute approximate surface area is 106 Å². The van der Waals surface area contributed by atoms with Crippen LogP contribution in [0.1, 0.15) is 20.3 Å². The Morgan fingerprint density at radius 2 is 0.846 bits per heavy atom. The zero-order valence-electron chi connectivity index (χ0n) is 6.63. The van der Waals surface area contributed by atoms with Gasteiger partial charge >= 0.3 is 54.8 Å². The predicted molar refractivity (Wildman–Crippen MR) is 44.8 cm³/mol. The second-order valence-corrected chi connectivity index (χ2v) is 4.99. The molecule has 0 spiro atoms. The van der Waals surface area contributed by atoms with Gasteiger partial charge in [0.1, 0.15) is 0 Å². The molecule has 0 fully saturated rings. The Morgan fingerprint density at radius 1 is 0.846 bits per heavy atom. The number of thiol groups is 2. The average Bonchev–Trinajstić information content (AvgIpc) is 1.23. The first-order valence-corrected chi connectivity index (χ1v) is 7.08. The maximum Gasteiger partial charge on any atom is 2.00 e. The predicted octanol–water partition coefficient (Wildman–Crippen LogP) is -0.402. The van der Waals surface area contributed by atoms with Gasteiger partial charge in [0.05, 0.1) is 0 Å². The average molecular weight is 452 g/mol. The van der Waals surface area contributed by atoms with E-state index in [1.54, 1.807) is 0 Å². The smallest absolute Gasteiger partial charge is 0.813 e. The second-order valence-electron chi connectivity index (χ2n) is 1.35. The quantitative estimate of drug-likeness (QED) is 0.212. The maximum absolute atomic E-state index is 9.91. The summed E-state index contributed by atoms with van der Waals surface area (Å²) in [6, 6.07) is 0. The van der Waals surface area contributed by atoms with E-state index in [9.17, 15) is 14.1 Å². The van der Waals surface area contributed by atoms with Crippen molar-refractivity contribution in [2.24, 2.45) is 0 Å². The van der Waals surface area contributed by atoms with Crippen LogP contribution in [0.2, 0.25) is 0 Å². The number of rotatable bonds is 0. The fourth-order valence-electron chi connectivity index (χ4n) is 0. The fraction of sp³-hybridized carbons (Fsp3) is 1.00. The minimum atomic E-state index is -9.19.